The Kier molecular flexibility index (Phi) is 6.51. The lowest BCUT2D eigenvalue weighted by Gasteiger charge is -2.24. The zero-order valence-electron chi connectivity index (χ0n) is 18.5. The minimum atomic E-state index is 0.158. The van der Waals surface area contributed by atoms with E-state index in [1.54, 1.807) is 6.20 Å². The summed E-state index contributed by atoms with van der Waals surface area (Å²) >= 11 is 0. The molecule has 1 fully saturated rings. The van der Waals surface area contributed by atoms with Gasteiger partial charge >= 0.3 is 0 Å². The van der Waals surface area contributed by atoms with E-state index in [1.165, 1.54) is 5.57 Å². The number of aromatic nitrogens is 2. The van der Waals surface area contributed by atoms with Gasteiger partial charge in [0.05, 0.1) is 32.1 Å². The van der Waals surface area contributed by atoms with E-state index in [4.69, 9.17) is 19.9 Å². The summed E-state index contributed by atoms with van der Waals surface area (Å²) in [5.41, 5.74) is 11.4. The normalized spacial score (nSPS) is 16.8. The van der Waals surface area contributed by atoms with Crippen molar-refractivity contribution in [1.29, 1.82) is 0 Å². The molecule has 170 valence electrons. The fourth-order valence-electron chi connectivity index (χ4n) is 4.07. The summed E-state index contributed by atoms with van der Waals surface area (Å²) in [6, 6.07) is 13.9. The van der Waals surface area contributed by atoms with Gasteiger partial charge in [0.25, 0.3) is 0 Å². The smallest absolute Gasteiger partial charge is 0.142 e. The molecule has 0 radical (unpaired) electrons. The number of hydrogen-bond acceptors (Lipinski definition) is 7. The van der Waals surface area contributed by atoms with Gasteiger partial charge in [0.1, 0.15) is 23.5 Å². The third-order valence-corrected chi connectivity index (χ3v) is 5.92. The van der Waals surface area contributed by atoms with Crippen LogP contribution in [0.4, 0.5) is 17.3 Å². The van der Waals surface area contributed by atoms with Gasteiger partial charge in [-0.25, -0.2) is 9.97 Å². The quantitative estimate of drug-likeness (QED) is 0.526. The van der Waals surface area contributed by atoms with Gasteiger partial charge in [-0.2, -0.15) is 0 Å². The van der Waals surface area contributed by atoms with Crippen LogP contribution in [0.5, 0.6) is 5.75 Å². The molecule has 0 aliphatic carbocycles. The van der Waals surface area contributed by atoms with Crippen molar-refractivity contribution in [3.63, 3.8) is 0 Å². The van der Waals surface area contributed by atoms with Crippen LogP contribution in [0.1, 0.15) is 24.8 Å². The first kappa shape index (κ1) is 21.4. The first-order chi connectivity index (χ1) is 16.2. The van der Waals surface area contributed by atoms with Crippen molar-refractivity contribution < 1.29 is 14.2 Å². The molecule has 2 aliphatic heterocycles. The van der Waals surface area contributed by atoms with Gasteiger partial charge < -0.3 is 25.3 Å². The molecule has 0 atom stereocenters. The Morgan fingerprint density at radius 2 is 1.73 bits per heavy atom. The third kappa shape index (κ3) is 5.32. The lowest BCUT2D eigenvalue weighted by Crippen LogP contribution is -2.26. The summed E-state index contributed by atoms with van der Waals surface area (Å²) in [4.78, 5) is 9.00. The first-order valence-corrected chi connectivity index (χ1v) is 11.4. The van der Waals surface area contributed by atoms with Crippen molar-refractivity contribution >= 4 is 22.9 Å². The number of benzene rings is 1. The predicted molar refractivity (Wildman–Crippen MR) is 129 cm³/mol. The van der Waals surface area contributed by atoms with Crippen LogP contribution in [0, 0.1) is 0 Å². The second-order valence-corrected chi connectivity index (χ2v) is 8.22. The Balaban J connectivity index is 1.28. The van der Waals surface area contributed by atoms with E-state index in [9.17, 15) is 0 Å². The van der Waals surface area contributed by atoms with Gasteiger partial charge in [-0.3, -0.25) is 0 Å². The number of nitrogens with one attached hydrogen (secondary N) is 1. The minimum absolute atomic E-state index is 0.158. The number of nitrogens with zero attached hydrogens (tertiary/aromatic N) is 2. The van der Waals surface area contributed by atoms with Gasteiger partial charge in [-0.1, -0.05) is 12.1 Å². The molecule has 7 nitrogen and oxygen atoms in total. The van der Waals surface area contributed by atoms with E-state index in [0.717, 1.165) is 73.2 Å². The van der Waals surface area contributed by atoms with Crippen LogP contribution in [0.2, 0.25) is 0 Å². The number of hydrogen-bond donors (Lipinski definition) is 2. The summed E-state index contributed by atoms with van der Waals surface area (Å²) in [7, 11) is 0. The lowest BCUT2D eigenvalue weighted by atomic mass is 10.0. The molecule has 3 aromatic rings. The molecule has 5 rings (SSSR count). The second-order valence-electron chi connectivity index (χ2n) is 8.22. The average Bonchev–Trinajstić information content (AvgIpc) is 2.87. The molecule has 0 spiro atoms. The first-order valence-electron chi connectivity index (χ1n) is 11.4. The average molecular weight is 445 g/mol. The molecule has 33 heavy (non-hydrogen) atoms. The Hall–Kier alpha value is -3.42. The van der Waals surface area contributed by atoms with E-state index in [-0.39, 0.29) is 6.10 Å². The van der Waals surface area contributed by atoms with Crippen molar-refractivity contribution in [1.82, 2.24) is 9.97 Å². The molecule has 0 saturated carbocycles. The zero-order valence-corrected chi connectivity index (χ0v) is 18.5. The Bertz CT molecular complexity index is 1120. The van der Waals surface area contributed by atoms with E-state index in [0.29, 0.717) is 12.3 Å². The molecule has 2 aliphatic rings. The third-order valence-electron chi connectivity index (χ3n) is 5.92. The molecule has 1 saturated heterocycles. The second kappa shape index (κ2) is 10.0. The van der Waals surface area contributed by atoms with E-state index in [1.807, 2.05) is 42.6 Å². The van der Waals surface area contributed by atoms with Crippen LogP contribution in [0.3, 0.4) is 0 Å². The highest BCUT2D eigenvalue weighted by atomic mass is 16.5. The summed E-state index contributed by atoms with van der Waals surface area (Å²) in [5.74, 6) is 2.19. The highest BCUT2D eigenvalue weighted by Crippen LogP contribution is 2.31. The molecule has 2 aromatic heterocycles. The van der Waals surface area contributed by atoms with Crippen LogP contribution in [-0.2, 0) is 9.47 Å². The maximum absolute atomic E-state index is 6.30. The summed E-state index contributed by atoms with van der Waals surface area (Å²) in [6.45, 7) is 2.90. The van der Waals surface area contributed by atoms with Crippen LogP contribution in [-0.4, -0.2) is 42.5 Å². The SMILES string of the molecule is Nc1cc(-c2ccnc(Nc3ccc(C4=CCOCC4)cn3)c2)ccc1OC1CCOCC1. The monoisotopic (exact) mass is 444 g/mol. The summed E-state index contributed by atoms with van der Waals surface area (Å²) in [6.07, 6.45) is 8.64. The Morgan fingerprint density at radius 1 is 0.879 bits per heavy atom. The Labute approximate surface area is 193 Å². The van der Waals surface area contributed by atoms with Gasteiger partial charge in [-0.15, -0.1) is 0 Å². The van der Waals surface area contributed by atoms with E-state index < -0.39 is 0 Å². The number of rotatable bonds is 6. The number of nitrogens with two attached hydrogens (primary N) is 1. The molecule has 0 unspecified atom stereocenters. The maximum Gasteiger partial charge on any atom is 0.142 e. The van der Waals surface area contributed by atoms with Crippen molar-refractivity contribution in [3.05, 3.63) is 66.5 Å². The topological polar surface area (TPSA) is 91.5 Å². The van der Waals surface area contributed by atoms with E-state index in [2.05, 4.69) is 27.4 Å². The molecular formula is C26H28N4O3. The fourth-order valence-corrected chi connectivity index (χ4v) is 4.07. The minimum Gasteiger partial charge on any atom is -0.488 e. The fraction of sp³-hybridized carbons (Fsp3) is 0.308. The maximum atomic E-state index is 6.30. The summed E-state index contributed by atoms with van der Waals surface area (Å²) < 4.78 is 16.9. The molecule has 0 bridgehead atoms. The van der Waals surface area contributed by atoms with Gasteiger partial charge in [0.2, 0.25) is 0 Å². The number of pyridine rings is 2. The van der Waals surface area contributed by atoms with Gasteiger partial charge in [0.15, 0.2) is 0 Å². The molecular weight excluding hydrogens is 416 g/mol. The van der Waals surface area contributed by atoms with Crippen molar-refractivity contribution in [2.24, 2.45) is 0 Å². The highest BCUT2D eigenvalue weighted by molar-refractivity contribution is 5.73. The van der Waals surface area contributed by atoms with Crippen LogP contribution < -0.4 is 15.8 Å². The molecule has 3 N–H and O–H groups in total. The molecule has 4 heterocycles. The van der Waals surface area contributed by atoms with Crippen LogP contribution >= 0.6 is 0 Å². The van der Waals surface area contributed by atoms with Gasteiger partial charge in [-0.05, 0) is 65.1 Å². The molecule has 7 heteroatoms. The highest BCUT2D eigenvalue weighted by Gasteiger charge is 2.17. The zero-order chi connectivity index (χ0) is 22.5. The summed E-state index contributed by atoms with van der Waals surface area (Å²) in [5, 5.41) is 3.29. The lowest BCUT2D eigenvalue weighted by molar-refractivity contribution is 0.0259. The number of nitrogen functional groups attached to an aromatic ring is 1. The van der Waals surface area contributed by atoms with Crippen molar-refractivity contribution in [2.75, 3.05) is 37.5 Å². The van der Waals surface area contributed by atoms with E-state index >= 15 is 0 Å². The Morgan fingerprint density at radius 3 is 2.48 bits per heavy atom. The molecule has 1 aromatic carbocycles. The number of anilines is 3. The number of ether oxygens (including phenoxy) is 3. The molecule has 0 amide bonds. The van der Waals surface area contributed by atoms with Crippen LogP contribution in [0.15, 0.2) is 60.9 Å². The van der Waals surface area contributed by atoms with Crippen molar-refractivity contribution in [3.8, 4) is 16.9 Å². The van der Waals surface area contributed by atoms with Gasteiger partial charge in [0, 0.05) is 25.2 Å². The predicted octanol–water partition coefficient (Wildman–Crippen LogP) is 4.83. The van der Waals surface area contributed by atoms with Crippen LogP contribution in [0.25, 0.3) is 16.7 Å². The standard InChI is InChI=1S/C26H28N4O3/c27-23-15-19(1-3-24(23)33-22-8-13-32-14-9-22)20-5-10-28-26(16-20)30-25-4-2-21(17-29-25)18-6-11-31-12-7-18/h1-6,10,15-17,22H,7-9,11-14,27H2,(H,28,29,30). The van der Waals surface area contributed by atoms with Crippen molar-refractivity contribution in [2.45, 2.75) is 25.4 Å². The largest absolute Gasteiger partial charge is 0.488 e.